The van der Waals surface area contributed by atoms with Crippen molar-refractivity contribution in [2.24, 2.45) is 0 Å². The number of nitrogens with one attached hydrogen (secondary N) is 1. The third kappa shape index (κ3) is 5.42. The summed E-state index contributed by atoms with van der Waals surface area (Å²) in [5.41, 5.74) is 0.709. The van der Waals surface area contributed by atoms with E-state index in [0.717, 1.165) is 17.2 Å². The first-order valence-corrected chi connectivity index (χ1v) is 11.4. The Morgan fingerprint density at radius 1 is 1.00 bits per heavy atom. The maximum Gasteiger partial charge on any atom is 0.417 e. The van der Waals surface area contributed by atoms with Gasteiger partial charge in [-0.1, -0.05) is 47.7 Å². The fraction of sp³-hybridized carbons (Fsp3) is 0.304. The summed E-state index contributed by atoms with van der Waals surface area (Å²) in [6.45, 7) is 3.26. The predicted octanol–water partition coefficient (Wildman–Crippen LogP) is 3.93. The van der Waals surface area contributed by atoms with E-state index in [2.05, 4.69) is 15.5 Å². The van der Waals surface area contributed by atoms with Crippen molar-refractivity contribution in [1.82, 2.24) is 20.0 Å². The molecule has 1 fully saturated rings. The van der Waals surface area contributed by atoms with Crippen LogP contribution >= 0.6 is 11.3 Å². The van der Waals surface area contributed by atoms with Crippen LogP contribution in [0, 0.1) is 6.92 Å². The number of hydrogen-bond acceptors (Lipinski definition) is 6. The van der Waals surface area contributed by atoms with E-state index in [4.69, 9.17) is 0 Å². The zero-order chi connectivity index (χ0) is 24.3. The van der Waals surface area contributed by atoms with Crippen LogP contribution in [0.1, 0.15) is 21.5 Å². The van der Waals surface area contributed by atoms with E-state index in [1.165, 1.54) is 34.4 Å². The molecule has 0 saturated carbocycles. The zero-order valence-electron chi connectivity index (χ0n) is 18.3. The largest absolute Gasteiger partial charge is 0.417 e. The highest BCUT2D eigenvalue weighted by atomic mass is 32.1. The van der Waals surface area contributed by atoms with Crippen LogP contribution in [0.3, 0.4) is 0 Å². The Hall–Kier alpha value is -3.31. The van der Waals surface area contributed by atoms with Gasteiger partial charge in [0, 0.05) is 31.7 Å². The number of alkyl halides is 3. The maximum absolute atomic E-state index is 13.2. The highest BCUT2D eigenvalue weighted by molar-refractivity contribution is 7.18. The SMILES string of the molecule is Cc1ccccc1-c1nnc(NC(=O)CN2CCN(C(=O)c3ccccc3C(F)(F)F)CC2)s1. The number of halogens is 3. The van der Waals surface area contributed by atoms with E-state index in [-0.39, 0.29) is 31.1 Å². The van der Waals surface area contributed by atoms with Gasteiger partial charge in [0.25, 0.3) is 5.91 Å². The second-order valence-electron chi connectivity index (χ2n) is 7.89. The third-order valence-corrected chi connectivity index (χ3v) is 6.41. The van der Waals surface area contributed by atoms with Crippen LogP contribution in [0.2, 0.25) is 0 Å². The number of hydrogen-bond donors (Lipinski definition) is 1. The Labute approximate surface area is 198 Å². The lowest BCUT2D eigenvalue weighted by Crippen LogP contribution is -2.50. The van der Waals surface area contributed by atoms with Crippen LogP contribution < -0.4 is 5.32 Å². The number of carbonyl (C=O) groups excluding carboxylic acids is 2. The fourth-order valence-corrected chi connectivity index (χ4v) is 4.60. The van der Waals surface area contributed by atoms with Crippen LogP contribution in [0.4, 0.5) is 18.3 Å². The summed E-state index contributed by atoms with van der Waals surface area (Å²) in [5, 5.41) is 12.0. The topological polar surface area (TPSA) is 78.4 Å². The molecule has 1 aliphatic rings. The van der Waals surface area contributed by atoms with Crippen molar-refractivity contribution < 1.29 is 22.8 Å². The third-order valence-electron chi connectivity index (χ3n) is 5.54. The van der Waals surface area contributed by atoms with Crippen molar-refractivity contribution >= 4 is 28.3 Å². The lowest BCUT2D eigenvalue weighted by Gasteiger charge is -2.34. The summed E-state index contributed by atoms with van der Waals surface area (Å²) >= 11 is 1.28. The Balaban J connectivity index is 1.31. The summed E-state index contributed by atoms with van der Waals surface area (Å²) in [4.78, 5) is 28.4. The summed E-state index contributed by atoms with van der Waals surface area (Å²) in [6, 6.07) is 12.5. The van der Waals surface area contributed by atoms with Gasteiger partial charge in [-0.05, 0) is 24.6 Å². The molecular formula is C23H22F3N5O2S. The van der Waals surface area contributed by atoms with Gasteiger partial charge in [-0.25, -0.2) is 0 Å². The molecule has 4 rings (SSSR count). The van der Waals surface area contributed by atoms with Crippen molar-refractivity contribution in [3.05, 3.63) is 65.2 Å². The number of carbonyl (C=O) groups is 2. The van der Waals surface area contributed by atoms with E-state index in [0.29, 0.717) is 23.2 Å². The molecule has 2 aromatic carbocycles. The molecule has 0 unspecified atom stereocenters. The summed E-state index contributed by atoms with van der Waals surface area (Å²) in [5.74, 6) is -0.927. The van der Waals surface area contributed by atoms with Crippen molar-refractivity contribution in [1.29, 1.82) is 0 Å². The van der Waals surface area contributed by atoms with Gasteiger partial charge in [-0.3, -0.25) is 19.8 Å². The second kappa shape index (κ2) is 9.90. The van der Waals surface area contributed by atoms with E-state index >= 15 is 0 Å². The first-order chi connectivity index (χ1) is 16.2. The van der Waals surface area contributed by atoms with E-state index in [1.807, 2.05) is 36.1 Å². The molecule has 0 spiro atoms. The van der Waals surface area contributed by atoms with Gasteiger partial charge in [-0.2, -0.15) is 13.2 Å². The number of nitrogens with zero attached hydrogens (tertiary/aromatic N) is 4. The lowest BCUT2D eigenvalue weighted by atomic mass is 10.1. The van der Waals surface area contributed by atoms with Gasteiger partial charge >= 0.3 is 6.18 Å². The Kier molecular flexibility index (Phi) is 6.94. The highest BCUT2D eigenvalue weighted by Crippen LogP contribution is 2.32. The molecule has 7 nitrogen and oxygen atoms in total. The molecular weight excluding hydrogens is 467 g/mol. The van der Waals surface area contributed by atoms with Crippen LogP contribution in [0.15, 0.2) is 48.5 Å². The maximum atomic E-state index is 13.2. The average Bonchev–Trinajstić information content (AvgIpc) is 3.27. The minimum absolute atomic E-state index is 0.0838. The Bertz CT molecular complexity index is 1190. The van der Waals surface area contributed by atoms with Crippen molar-refractivity contribution in [2.75, 3.05) is 38.0 Å². The Morgan fingerprint density at radius 2 is 1.68 bits per heavy atom. The molecule has 2 heterocycles. The first kappa shape index (κ1) is 23.8. The van der Waals surface area contributed by atoms with Gasteiger partial charge in [0.15, 0.2) is 0 Å². The van der Waals surface area contributed by atoms with Gasteiger partial charge in [-0.15, -0.1) is 10.2 Å². The number of amides is 2. The molecule has 1 N–H and O–H groups in total. The van der Waals surface area contributed by atoms with Crippen molar-refractivity contribution in [2.45, 2.75) is 13.1 Å². The fourth-order valence-electron chi connectivity index (χ4n) is 3.75. The predicted molar refractivity (Wildman–Crippen MR) is 122 cm³/mol. The molecule has 178 valence electrons. The van der Waals surface area contributed by atoms with Gasteiger partial charge < -0.3 is 4.90 Å². The number of aryl methyl sites for hydroxylation is 1. The quantitative estimate of drug-likeness (QED) is 0.588. The average molecular weight is 490 g/mol. The standard InChI is InChI=1S/C23H22F3N5O2S/c1-15-6-2-3-7-16(15)20-28-29-22(34-20)27-19(32)14-30-10-12-31(13-11-30)21(33)17-8-4-5-9-18(17)23(24,25)26/h2-9H,10-14H2,1H3,(H,27,29,32). The molecule has 0 aliphatic carbocycles. The molecule has 3 aromatic rings. The monoisotopic (exact) mass is 489 g/mol. The van der Waals surface area contributed by atoms with Crippen LogP contribution in [0.5, 0.6) is 0 Å². The number of aromatic nitrogens is 2. The Morgan fingerprint density at radius 3 is 2.38 bits per heavy atom. The lowest BCUT2D eigenvalue weighted by molar-refractivity contribution is -0.138. The highest BCUT2D eigenvalue weighted by Gasteiger charge is 2.36. The second-order valence-corrected chi connectivity index (χ2v) is 8.86. The van der Waals surface area contributed by atoms with Crippen LogP contribution in [-0.2, 0) is 11.0 Å². The van der Waals surface area contributed by atoms with Gasteiger partial charge in [0.05, 0.1) is 17.7 Å². The van der Waals surface area contributed by atoms with E-state index < -0.39 is 17.6 Å². The molecule has 1 saturated heterocycles. The molecule has 34 heavy (non-hydrogen) atoms. The molecule has 1 aliphatic heterocycles. The molecule has 1 aromatic heterocycles. The molecule has 0 radical (unpaired) electrons. The number of benzene rings is 2. The number of rotatable bonds is 5. The normalized spacial score (nSPS) is 14.8. The van der Waals surface area contributed by atoms with Gasteiger partial charge in [0.1, 0.15) is 5.01 Å². The molecule has 2 amide bonds. The van der Waals surface area contributed by atoms with Crippen molar-refractivity contribution in [3.63, 3.8) is 0 Å². The zero-order valence-corrected chi connectivity index (χ0v) is 19.1. The van der Waals surface area contributed by atoms with Crippen LogP contribution in [0.25, 0.3) is 10.6 Å². The van der Waals surface area contributed by atoms with E-state index in [1.54, 1.807) is 0 Å². The molecule has 11 heteroatoms. The van der Waals surface area contributed by atoms with Crippen molar-refractivity contribution in [3.8, 4) is 10.6 Å². The smallest absolute Gasteiger partial charge is 0.336 e. The number of anilines is 1. The minimum atomic E-state index is -4.60. The minimum Gasteiger partial charge on any atom is -0.336 e. The summed E-state index contributed by atoms with van der Waals surface area (Å²) in [7, 11) is 0. The van der Waals surface area contributed by atoms with Crippen LogP contribution in [-0.4, -0.2) is 64.5 Å². The first-order valence-electron chi connectivity index (χ1n) is 10.6. The van der Waals surface area contributed by atoms with E-state index in [9.17, 15) is 22.8 Å². The molecule has 0 bridgehead atoms. The summed E-state index contributed by atoms with van der Waals surface area (Å²) in [6.07, 6.45) is -4.60. The summed E-state index contributed by atoms with van der Waals surface area (Å²) < 4.78 is 39.7. The van der Waals surface area contributed by atoms with Gasteiger partial charge in [0.2, 0.25) is 11.0 Å². The molecule has 0 atom stereocenters. The number of piperazine rings is 1.